The molecule has 16 atom stereocenters. The van der Waals surface area contributed by atoms with Gasteiger partial charge in [-0.15, -0.1) is 5.92 Å². The van der Waals surface area contributed by atoms with Crippen LogP contribution in [0.5, 0.6) is 0 Å². The summed E-state index contributed by atoms with van der Waals surface area (Å²) in [5.74, 6) is 5.74. The monoisotopic (exact) mass is 810 g/mol. The van der Waals surface area contributed by atoms with Gasteiger partial charge in [-0.2, -0.15) is 6.42 Å². The van der Waals surface area contributed by atoms with Crippen molar-refractivity contribution >= 4 is 0 Å². The SMILES string of the molecule is [CH-]1CCCC2C3NC(NC4NC(NC5NC(NC6NC(N3)C3CCCCC63)C3CCCCC53)C3CCCCC43)C12.[NH2-].[NH2-].[NH2-].[NH2-].[Pt]. The van der Waals surface area contributed by atoms with Crippen molar-refractivity contribution in [2.75, 3.05) is 0 Å². The van der Waals surface area contributed by atoms with Crippen LogP contribution in [0.15, 0.2) is 0 Å². The maximum absolute atomic E-state index is 4.25. The van der Waals surface area contributed by atoms with Gasteiger partial charge in [0, 0.05) is 27.2 Å². The number of rotatable bonds is 0. The standard InChI is InChI=1S/C32H55N8.4H2N.Pt/c1-2-10-18-17(9-1)25-33-26(18)38-28-21-13-5-6-14-22(21)30(35-28)40-32-24-16-8-7-15-23(24)31(36-32)39-29-20-12-4-3-11-19(20)27(34-29)37-25;;;;;/h9,17-40H,1-8,10-16H2;4*1H2;/q5*-1;. The third-order valence-corrected chi connectivity index (χ3v) is 13.6. The molecule has 9 rings (SSSR count). The minimum absolute atomic E-state index is 0. The van der Waals surface area contributed by atoms with Crippen molar-refractivity contribution in [3.05, 3.63) is 31.0 Å². The Bertz CT molecular complexity index is 725. The van der Waals surface area contributed by atoms with E-state index in [2.05, 4.69) is 49.0 Å². The van der Waals surface area contributed by atoms with Crippen molar-refractivity contribution in [2.45, 2.75) is 146 Å². The second-order valence-corrected chi connectivity index (χ2v) is 15.4. The van der Waals surface area contributed by atoms with Gasteiger partial charge in [0.05, 0.1) is 43.2 Å². The predicted molar refractivity (Wildman–Crippen MR) is 178 cm³/mol. The van der Waals surface area contributed by atoms with E-state index in [1.807, 2.05) is 0 Å². The van der Waals surface area contributed by atoms with Crippen LogP contribution < -0.4 is 42.5 Å². The molecule has 8 bridgehead atoms. The summed E-state index contributed by atoms with van der Waals surface area (Å²) in [7, 11) is 0. The van der Waals surface area contributed by atoms with Crippen LogP contribution >= 0.6 is 0 Å². The summed E-state index contributed by atoms with van der Waals surface area (Å²) < 4.78 is 0. The second kappa shape index (κ2) is 15.8. The van der Waals surface area contributed by atoms with E-state index in [0.29, 0.717) is 61.2 Å². The minimum Gasteiger partial charge on any atom is -0.693 e. The normalized spacial score (nSPS) is 51.2. The molecule has 5 saturated heterocycles. The molecule has 0 aromatic rings. The molecular weight excluding hydrogens is 748 g/mol. The molecule has 5 aliphatic heterocycles. The number of hydrogen-bond acceptors (Lipinski definition) is 8. The van der Waals surface area contributed by atoms with E-state index in [4.69, 9.17) is 0 Å². The molecule has 4 aliphatic carbocycles. The van der Waals surface area contributed by atoms with Crippen molar-refractivity contribution in [3.63, 3.8) is 0 Å². The quantitative estimate of drug-likeness (QED) is 0.150. The second-order valence-electron chi connectivity index (χ2n) is 15.4. The first-order valence-corrected chi connectivity index (χ1v) is 17.7. The fraction of sp³-hybridized carbons (Fsp3) is 0.969. The van der Waals surface area contributed by atoms with Crippen LogP contribution in [0.4, 0.5) is 0 Å². The molecule has 16 unspecified atom stereocenters. The molecule has 16 N–H and O–H groups in total. The van der Waals surface area contributed by atoms with Crippen molar-refractivity contribution in [1.29, 1.82) is 0 Å². The van der Waals surface area contributed by atoms with Crippen LogP contribution in [0.1, 0.15) is 96.3 Å². The maximum Gasteiger partial charge on any atom is 0.0628 e. The summed E-state index contributed by atoms with van der Waals surface area (Å²) in [5.41, 5.74) is 0. The number of nitrogens with two attached hydrogens (primary N) is 4. The summed E-state index contributed by atoms with van der Waals surface area (Å²) in [6, 6.07) is 0. The largest absolute Gasteiger partial charge is 0.693 e. The molecule has 5 heterocycles. The molecule has 0 radical (unpaired) electrons. The van der Waals surface area contributed by atoms with Gasteiger partial charge in [0.15, 0.2) is 0 Å². The Labute approximate surface area is 286 Å². The van der Waals surface area contributed by atoms with Gasteiger partial charge < -0.3 is 31.0 Å². The molecule has 0 aromatic carbocycles. The summed E-state index contributed by atoms with van der Waals surface area (Å²) in [6.45, 7) is 0. The zero-order valence-corrected chi connectivity index (χ0v) is 29.3. The summed E-state index contributed by atoms with van der Waals surface area (Å²) in [4.78, 5) is 0. The molecule has 0 amide bonds. The Balaban J connectivity index is 0.000000922. The van der Waals surface area contributed by atoms with Gasteiger partial charge in [0.25, 0.3) is 0 Å². The van der Waals surface area contributed by atoms with Crippen molar-refractivity contribution in [2.24, 2.45) is 47.3 Å². The fourth-order valence-electron chi connectivity index (χ4n) is 11.7. The van der Waals surface area contributed by atoms with Crippen LogP contribution in [-0.2, 0) is 21.1 Å². The first-order chi connectivity index (χ1) is 19.8. The maximum atomic E-state index is 4.25. The fourth-order valence-corrected chi connectivity index (χ4v) is 11.7. The Hall–Kier alpha value is 0.208. The van der Waals surface area contributed by atoms with Crippen molar-refractivity contribution < 1.29 is 21.1 Å². The smallest absolute Gasteiger partial charge is 0.0628 e. The Morgan fingerprint density at radius 2 is 0.556 bits per heavy atom. The minimum atomic E-state index is 0. The van der Waals surface area contributed by atoms with E-state index < -0.39 is 0 Å². The van der Waals surface area contributed by atoms with E-state index >= 15 is 0 Å². The third kappa shape index (κ3) is 6.73. The molecule has 9 aliphatic rings. The van der Waals surface area contributed by atoms with Crippen LogP contribution in [0.3, 0.4) is 0 Å². The first-order valence-electron chi connectivity index (χ1n) is 17.7. The molecule has 0 aromatic heterocycles. The first kappa shape index (κ1) is 38.0. The topological polar surface area (TPSA) is 230 Å². The van der Waals surface area contributed by atoms with Crippen molar-refractivity contribution in [3.8, 4) is 0 Å². The zero-order valence-electron chi connectivity index (χ0n) is 27.0. The van der Waals surface area contributed by atoms with Crippen LogP contribution in [0, 0.1) is 53.8 Å². The number of hydrogen-bond donors (Lipinski definition) is 8. The molecule has 13 heteroatoms. The van der Waals surface area contributed by atoms with Gasteiger partial charge in [0.1, 0.15) is 0 Å². The Kier molecular flexibility index (Phi) is 13.4. The predicted octanol–water partition coefficient (Wildman–Crippen LogP) is 5.29. The van der Waals surface area contributed by atoms with Crippen LogP contribution in [0.2, 0.25) is 0 Å². The van der Waals surface area contributed by atoms with Gasteiger partial charge in [0.2, 0.25) is 0 Å². The van der Waals surface area contributed by atoms with Gasteiger partial charge in [-0.1, -0.05) is 51.4 Å². The van der Waals surface area contributed by atoms with Crippen molar-refractivity contribution in [1.82, 2.24) is 42.5 Å². The van der Waals surface area contributed by atoms with Crippen LogP contribution in [-0.4, -0.2) is 49.3 Å². The molecule has 266 valence electrons. The van der Waals surface area contributed by atoms with E-state index in [1.54, 1.807) is 0 Å². The molecular formula is C32H63N12Pt-5. The molecule has 0 spiro atoms. The average Bonchev–Trinajstić information content (AvgIpc) is 3.73. The zero-order chi connectivity index (χ0) is 26.2. The van der Waals surface area contributed by atoms with E-state index in [9.17, 15) is 0 Å². The molecule has 12 nitrogen and oxygen atoms in total. The van der Waals surface area contributed by atoms with Gasteiger partial charge in [-0.3, -0.25) is 42.5 Å². The van der Waals surface area contributed by atoms with E-state index in [0.717, 1.165) is 35.5 Å². The Morgan fingerprint density at radius 1 is 0.311 bits per heavy atom. The number of fused-ring (bicyclic) bond motifs is 20. The summed E-state index contributed by atoms with van der Waals surface area (Å²) in [6.07, 6.45) is 26.4. The molecule has 45 heavy (non-hydrogen) atoms. The average molecular weight is 811 g/mol. The summed E-state index contributed by atoms with van der Waals surface area (Å²) >= 11 is 0. The summed E-state index contributed by atoms with van der Waals surface area (Å²) in [5, 5.41) is 33.7. The van der Waals surface area contributed by atoms with E-state index in [1.165, 1.54) is 96.3 Å². The third-order valence-electron chi connectivity index (χ3n) is 13.6. The van der Waals surface area contributed by atoms with Crippen LogP contribution in [0.25, 0.3) is 24.6 Å². The number of nitrogens with one attached hydrogen (secondary N) is 8. The molecule has 9 fully saturated rings. The van der Waals surface area contributed by atoms with Gasteiger partial charge in [-0.05, 0) is 80.0 Å². The van der Waals surface area contributed by atoms with E-state index in [-0.39, 0.29) is 45.7 Å². The Morgan fingerprint density at radius 3 is 0.867 bits per heavy atom. The van der Waals surface area contributed by atoms with Gasteiger partial charge in [-0.25, -0.2) is 0 Å². The van der Waals surface area contributed by atoms with Gasteiger partial charge >= 0.3 is 0 Å². The molecule has 4 saturated carbocycles.